The lowest BCUT2D eigenvalue weighted by molar-refractivity contribution is -0.143. The molecule has 3 fully saturated rings. The summed E-state index contributed by atoms with van der Waals surface area (Å²) in [5, 5.41) is 8.37. The fourth-order valence-corrected chi connectivity index (χ4v) is 6.88. The number of hydrogen-bond acceptors (Lipinski definition) is 7. The van der Waals surface area contributed by atoms with Crippen molar-refractivity contribution in [1.82, 2.24) is 25.8 Å². The molecule has 1 unspecified atom stereocenters. The predicted octanol–water partition coefficient (Wildman–Crippen LogP) is 2.43. The van der Waals surface area contributed by atoms with E-state index in [4.69, 9.17) is 5.73 Å². The van der Waals surface area contributed by atoms with Crippen molar-refractivity contribution in [2.75, 3.05) is 37.6 Å². The first-order valence-corrected chi connectivity index (χ1v) is 18.2. The van der Waals surface area contributed by atoms with Crippen LogP contribution in [0.5, 0.6) is 0 Å². The van der Waals surface area contributed by atoms with Crippen molar-refractivity contribution in [3.05, 3.63) is 30.1 Å². The first kappa shape index (κ1) is 39.6. The van der Waals surface area contributed by atoms with Gasteiger partial charge in [-0.1, -0.05) is 61.3 Å². The molecule has 1 aromatic carbocycles. The van der Waals surface area contributed by atoms with E-state index in [0.717, 1.165) is 18.5 Å². The lowest BCUT2D eigenvalue weighted by atomic mass is 9.85. The Balaban J connectivity index is 1.45. The van der Waals surface area contributed by atoms with Crippen molar-refractivity contribution in [3.8, 4) is 0 Å². The Bertz CT molecular complexity index is 1450. The summed E-state index contributed by atoms with van der Waals surface area (Å²) in [5.74, 6) is -3.42. The number of piperazine rings is 1. The molecule has 0 bridgehead atoms. The van der Waals surface area contributed by atoms with Gasteiger partial charge in [0.25, 0.3) is 5.91 Å². The Labute approximate surface area is 300 Å². The molecule has 14 heteroatoms. The summed E-state index contributed by atoms with van der Waals surface area (Å²) in [6.45, 7) is 15.4. The number of carbonyl (C=O) groups is 6. The Morgan fingerprint density at radius 1 is 0.882 bits per heavy atom. The standard InChI is InChI=1S/C37H56FN7O6/c1-21(2)24-19-28(33(48)40-27(18-23-8-9-23)30(46)32(39)47)45(20-24)35(50)31(37(5,6)7)42-36(51)41-29(22(3)4)34(49)44-16-14-43(15-17-44)26-12-10-25(38)11-13-26/h10-13,21-24,27-29,31H,8-9,14-20H2,1-7H3,(H2,39,47)(H,40,48)(H2,41,42,51)/t24-,27?,28+,29+,31-/m1/s1. The maximum Gasteiger partial charge on any atom is 0.316 e. The van der Waals surface area contributed by atoms with E-state index in [0.29, 0.717) is 39.0 Å². The molecule has 3 aliphatic rings. The minimum Gasteiger partial charge on any atom is -0.368 e. The highest BCUT2D eigenvalue weighted by molar-refractivity contribution is 6.37. The number of rotatable bonds is 13. The molecule has 5 N–H and O–H groups in total. The average Bonchev–Trinajstić information content (AvgIpc) is 3.77. The average molecular weight is 714 g/mol. The smallest absolute Gasteiger partial charge is 0.316 e. The molecule has 4 rings (SSSR count). The van der Waals surface area contributed by atoms with Crippen molar-refractivity contribution < 1.29 is 33.2 Å². The molecule has 1 aliphatic carbocycles. The first-order valence-electron chi connectivity index (χ1n) is 18.2. The molecule has 2 aliphatic heterocycles. The van der Waals surface area contributed by atoms with E-state index in [9.17, 15) is 33.2 Å². The van der Waals surface area contributed by atoms with Crippen molar-refractivity contribution in [2.45, 2.75) is 98.3 Å². The summed E-state index contributed by atoms with van der Waals surface area (Å²) < 4.78 is 13.4. The summed E-state index contributed by atoms with van der Waals surface area (Å²) in [5.41, 5.74) is 5.38. The van der Waals surface area contributed by atoms with Gasteiger partial charge in [-0.2, -0.15) is 0 Å². The second kappa shape index (κ2) is 16.4. The van der Waals surface area contributed by atoms with Crippen LogP contribution in [0.1, 0.15) is 74.1 Å². The zero-order valence-electron chi connectivity index (χ0n) is 31.0. The quantitative estimate of drug-likeness (QED) is 0.227. The second-order valence-electron chi connectivity index (χ2n) is 16.1. The Morgan fingerprint density at radius 3 is 2.00 bits per heavy atom. The van der Waals surface area contributed by atoms with Crippen LogP contribution >= 0.6 is 0 Å². The maximum absolute atomic E-state index is 14.4. The molecule has 282 valence electrons. The van der Waals surface area contributed by atoms with Crippen LogP contribution in [0.4, 0.5) is 14.9 Å². The van der Waals surface area contributed by atoms with Crippen LogP contribution < -0.4 is 26.6 Å². The second-order valence-corrected chi connectivity index (χ2v) is 16.1. The molecule has 51 heavy (non-hydrogen) atoms. The van der Waals surface area contributed by atoms with Crippen LogP contribution in [-0.2, 0) is 24.0 Å². The number of benzene rings is 1. The van der Waals surface area contributed by atoms with E-state index in [2.05, 4.69) is 20.9 Å². The molecule has 5 atom stereocenters. The van der Waals surface area contributed by atoms with Crippen LogP contribution in [0.15, 0.2) is 24.3 Å². The van der Waals surface area contributed by atoms with Gasteiger partial charge in [0, 0.05) is 38.4 Å². The normalized spacial score (nSPS) is 21.3. The van der Waals surface area contributed by atoms with Gasteiger partial charge in [0.15, 0.2) is 0 Å². The fourth-order valence-electron chi connectivity index (χ4n) is 6.88. The summed E-state index contributed by atoms with van der Waals surface area (Å²) in [4.78, 5) is 85.0. The monoisotopic (exact) mass is 713 g/mol. The van der Waals surface area contributed by atoms with Gasteiger partial charge < -0.3 is 36.4 Å². The van der Waals surface area contributed by atoms with Crippen LogP contribution in [0, 0.1) is 34.9 Å². The zero-order chi connectivity index (χ0) is 37.8. The number of anilines is 1. The summed E-state index contributed by atoms with van der Waals surface area (Å²) >= 11 is 0. The Kier molecular flexibility index (Phi) is 12.7. The third-order valence-electron chi connectivity index (χ3n) is 10.4. The van der Waals surface area contributed by atoms with Crippen LogP contribution in [0.2, 0.25) is 0 Å². The van der Waals surface area contributed by atoms with Gasteiger partial charge in [-0.25, -0.2) is 9.18 Å². The molecular weight excluding hydrogens is 657 g/mol. The lowest BCUT2D eigenvalue weighted by Crippen LogP contribution is -2.62. The molecule has 13 nitrogen and oxygen atoms in total. The Morgan fingerprint density at radius 2 is 1.49 bits per heavy atom. The van der Waals surface area contributed by atoms with E-state index in [1.165, 1.54) is 17.0 Å². The third-order valence-corrected chi connectivity index (χ3v) is 10.4. The molecule has 0 aromatic heterocycles. The molecule has 2 saturated heterocycles. The zero-order valence-corrected chi connectivity index (χ0v) is 31.0. The van der Waals surface area contributed by atoms with Gasteiger partial charge in [0.05, 0.1) is 6.04 Å². The SMILES string of the molecule is CC(C)[C@@H]1C[C@@H](C(=O)NC(CC2CC2)C(=O)C(N)=O)N(C(=O)[C@@H](NC(=O)N[C@H](C(=O)N2CCN(c3ccc(F)cc3)CC2)C(C)C)C(C)(C)C)C1. The number of ketones is 1. The Hall–Kier alpha value is -4.23. The number of nitrogens with one attached hydrogen (secondary N) is 3. The highest BCUT2D eigenvalue weighted by Gasteiger charge is 2.46. The number of carbonyl (C=O) groups excluding carboxylic acids is 6. The number of Topliss-reactive ketones (excluding diaryl/α,β-unsaturated/α-hetero) is 1. The van der Waals surface area contributed by atoms with E-state index < -0.39 is 59.1 Å². The molecule has 6 amide bonds. The highest BCUT2D eigenvalue weighted by atomic mass is 19.1. The molecule has 2 heterocycles. The number of urea groups is 1. The predicted molar refractivity (Wildman–Crippen MR) is 191 cm³/mol. The van der Waals surface area contributed by atoms with E-state index in [1.54, 1.807) is 17.0 Å². The molecule has 1 aromatic rings. The first-order chi connectivity index (χ1) is 23.9. The van der Waals surface area contributed by atoms with Crippen LogP contribution in [-0.4, -0.2) is 102 Å². The summed E-state index contributed by atoms with van der Waals surface area (Å²) in [6.07, 6.45) is 2.48. The van der Waals surface area contributed by atoms with Gasteiger partial charge in [-0.05, 0) is 66.2 Å². The number of primary amides is 1. The summed E-state index contributed by atoms with van der Waals surface area (Å²) in [7, 11) is 0. The van der Waals surface area contributed by atoms with Gasteiger partial charge >= 0.3 is 6.03 Å². The van der Waals surface area contributed by atoms with E-state index >= 15 is 0 Å². The van der Waals surface area contributed by atoms with Crippen molar-refractivity contribution in [1.29, 1.82) is 0 Å². The minimum absolute atomic E-state index is 0.0145. The number of halogens is 1. The number of nitrogens with zero attached hydrogens (tertiary/aromatic N) is 3. The van der Waals surface area contributed by atoms with Gasteiger partial charge in [-0.3, -0.25) is 24.0 Å². The summed E-state index contributed by atoms with van der Waals surface area (Å²) in [6, 6.07) is 1.64. The van der Waals surface area contributed by atoms with Crippen molar-refractivity contribution >= 4 is 41.1 Å². The highest BCUT2D eigenvalue weighted by Crippen LogP contribution is 2.35. The van der Waals surface area contributed by atoms with Crippen LogP contribution in [0.25, 0.3) is 0 Å². The van der Waals surface area contributed by atoms with Crippen molar-refractivity contribution in [2.24, 2.45) is 34.8 Å². The van der Waals surface area contributed by atoms with Gasteiger partial charge in [0.1, 0.15) is 23.9 Å². The molecule has 0 radical (unpaired) electrons. The number of amides is 6. The third kappa shape index (κ3) is 10.2. The number of hydrogen-bond donors (Lipinski definition) is 4. The molecular formula is C37H56FN7O6. The lowest BCUT2D eigenvalue weighted by Gasteiger charge is -2.39. The number of likely N-dealkylation sites (tertiary alicyclic amines) is 1. The van der Waals surface area contributed by atoms with Crippen LogP contribution in [0.3, 0.4) is 0 Å². The molecule has 0 spiro atoms. The van der Waals surface area contributed by atoms with Crippen molar-refractivity contribution in [3.63, 3.8) is 0 Å². The molecule has 1 saturated carbocycles. The fraction of sp³-hybridized carbons (Fsp3) is 0.676. The van der Waals surface area contributed by atoms with Gasteiger partial charge in [0.2, 0.25) is 23.5 Å². The van der Waals surface area contributed by atoms with Gasteiger partial charge in [-0.15, -0.1) is 0 Å². The van der Waals surface area contributed by atoms with E-state index in [1.807, 2.05) is 48.5 Å². The maximum atomic E-state index is 14.4. The van der Waals surface area contributed by atoms with E-state index in [-0.39, 0.29) is 41.9 Å². The number of nitrogens with two attached hydrogens (primary N) is 1. The topological polar surface area (TPSA) is 174 Å². The minimum atomic E-state index is -1.12. The largest absolute Gasteiger partial charge is 0.368 e.